The largest absolute Gasteiger partial charge is 0.481 e. The average molecular weight is 261 g/mol. The highest BCUT2D eigenvalue weighted by Crippen LogP contribution is 2.28. The maximum absolute atomic E-state index is 11.8. The summed E-state index contributed by atoms with van der Waals surface area (Å²) in [4.78, 5) is 11.8. The SMILES string of the molecule is C=CCNC(=O)[C@H](C)Oc1cc(C)ccc1C(C)C. The lowest BCUT2D eigenvalue weighted by molar-refractivity contribution is -0.127. The molecule has 1 aromatic rings. The van der Waals surface area contributed by atoms with Gasteiger partial charge in [-0.2, -0.15) is 0 Å². The van der Waals surface area contributed by atoms with Crippen LogP contribution in [0.15, 0.2) is 30.9 Å². The maximum atomic E-state index is 11.8. The fraction of sp³-hybridized carbons (Fsp3) is 0.438. The quantitative estimate of drug-likeness (QED) is 0.799. The van der Waals surface area contributed by atoms with E-state index in [0.717, 1.165) is 16.9 Å². The molecule has 0 saturated carbocycles. The van der Waals surface area contributed by atoms with Gasteiger partial charge in [0.15, 0.2) is 6.10 Å². The van der Waals surface area contributed by atoms with E-state index in [2.05, 4.69) is 37.9 Å². The average Bonchev–Trinajstić information content (AvgIpc) is 2.35. The minimum Gasteiger partial charge on any atom is -0.481 e. The molecule has 0 aliphatic rings. The summed E-state index contributed by atoms with van der Waals surface area (Å²) in [6, 6.07) is 6.10. The van der Waals surface area contributed by atoms with Crippen LogP contribution in [-0.2, 0) is 4.79 Å². The van der Waals surface area contributed by atoms with E-state index in [9.17, 15) is 4.79 Å². The van der Waals surface area contributed by atoms with Crippen LogP contribution in [0.25, 0.3) is 0 Å². The summed E-state index contributed by atoms with van der Waals surface area (Å²) in [7, 11) is 0. The van der Waals surface area contributed by atoms with Gasteiger partial charge in [0, 0.05) is 6.54 Å². The number of aryl methyl sites for hydroxylation is 1. The first kappa shape index (κ1) is 15.3. The fourth-order valence-corrected chi connectivity index (χ4v) is 1.78. The molecule has 1 aromatic carbocycles. The van der Waals surface area contributed by atoms with E-state index in [1.54, 1.807) is 13.0 Å². The number of nitrogens with one attached hydrogen (secondary N) is 1. The van der Waals surface area contributed by atoms with E-state index in [1.165, 1.54) is 0 Å². The number of rotatable bonds is 6. The maximum Gasteiger partial charge on any atom is 0.261 e. The number of carbonyl (C=O) groups is 1. The molecule has 0 aliphatic carbocycles. The first-order valence-corrected chi connectivity index (χ1v) is 6.61. The van der Waals surface area contributed by atoms with Crippen molar-refractivity contribution in [2.24, 2.45) is 0 Å². The highest BCUT2D eigenvalue weighted by molar-refractivity contribution is 5.80. The molecular formula is C16H23NO2. The molecule has 0 bridgehead atoms. The van der Waals surface area contributed by atoms with Crippen LogP contribution in [0.4, 0.5) is 0 Å². The highest BCUT2D eigenvalue weighted by atomic mass is 16.5. The van der Waals surface area contributed by atoms with Gasteiger partial charge in [0.1, 0.15) is 5.75 Å². The van der Waals surface area contributed by atoms with Crippen molar-refractivity contribution < 1.29 is 9.53 Å². The first-order chi connectivity index (χ1) is 8.95. The van der Waals surface area contributed by atoms with E-state index < -0.39 is 6.10 Å². The van der Waals surface area contributed by atoms with Crippen LogP contribution in [0, 0.1) is 6.92 Å². The third-order valence-electron chi connectivity index (χ3n) is 2.88. The zero-order valence-electron chi connectivity index (χ0n) is 12.2. The van der Waals surface area contributed by atoms with E-state index >= 15 is 0 Å². The Kier molecular flexibility index (Phi) is 5.61. The second-order valence-corrected chi connectivity index (χ2v) is 4.99. The first-order valence-electron chi connectivity index (χ1n) is 6.61. The van der Waals surface area contributed by atoms with Gasteiger partial charge in [0.05, 0.1) is 0 Å². The molecule has 1 atom stereocenters. The summed E-state index contributed by atoms with van der Waals surface area (Å²) >= 11 is 0. The van der Waals surface area contributed by atoms with Crippen molar-refractivity contribution in [3.8, 4) is 5.75 Å². The topological polar surface area (TPSA) is 38.3 Å². The Balaban J connectivity index is 2.83. The van der Waals surface area contributed by atoms with Crippen LogP contribution in [0.1, 0.15) is 37.8 Å². The summed E-state index contributed by atoms with van der Waals surface area (Å²) in [5.41, 5.74) is 2.24. The normalized spacial score (nSPS) is 12.1. The van der Waals surface area contributed by atoms with Crippen LogP contribution in [0.3, 0.4) is 0 Å². The second kappa shape index (κ2) is 6.98. The molecule has 0 heterocycles. The number of ether oxygens (including phenoxy) is 1. The molecule has 0 unspecified atom stereocenters. The number of hydrogen-bond acceptors (Lipinski definition) is 2. The molecule has 1 rings (SSSR count). The molecule has 0 aromatic heterocycles. The predicted octanol–water partition coefficient (Wildman–Crippen LogP) is 3.19. The van der Waals surface area contributed by atoms with Gasteiger partial charge in [-0.25, -0.2) is 0 Å². The molecule has 0 fully saturated rings. The van der Waals surface area contributed by atoms with Gasteiger partial charge in [0.25, 0.3) is 5.91 Å². The zero-order chi connectivity index (χ0) is 14.4. The standard InChI is InChI=1S/C16H23NO2/c1-6-9-17-16(18)13(5)19-15-10-12(4)7-8-14(15)11(2)3/h6-8,10-11,13H,1,9H2,2-5H3,(H,17,18)/t13-/m0/s1. The van der Waals surface area contributed by atoms with Crippen molar-refractivity contribution in [2.75, 3.05) is 6.54 Å². The van der Waals surface area contributed by atoms with Gasteiger partial charge in [-0.05, 0) is 37.0 Å². The molecule has 104 valence electrons. The third-order valence-corrected chi connectivity index (χ3v) is 2.88. The van der Waals surface area contributed by atoms with Gasteiger partial charge in [-0.1, -0.05) is 32.1 Å². The Bertz CT molecular complexity index is 452. The Morgan fingerprint density at radius 3 is 2.68 bits per heavy atom. The van der Waals surface area contributed by atoms with Gasteiger partial charge in [0.2, 0.25) is 0 Å². The summed E-state index contributed by atoms with van der Waals surface area (Å²) in [6.07, 6.45) is 1.14. The summed E-state index contributed by atoms with van der Waals surface area (Å²) in [5, 5.41) is 2.73. The van der Waals surface area contributed by atoms with Crippen LogP contribution < -0.4 is 10.1 Å². The van der Waals surface area contributed by atoms with Gasteiger partial charge in [-0.3, -0.25) is 4.79 Å². The molecule has 1 amide bonds. The number of benzene rings is 1. The Labute approximate surface area is 115 Å². The lowest BCUT2D eigenvalue weighted by Crippen LogP contribution is -2.36. The number of carbonyl (C=O) groups excluding carboxylic acids is 1. The molecular weight excluding hydrogens is 238 g/mol. The summed E-state index contributed by atoms with van der Waals surface area (Å²) < 4.78 is 5.80. The van der Waals surface area contributed by atoms with Crippen molar-refractivity contribution in [3.05, 3.63) is 42.0 Å². The number of hydrogen-bond donors (Lipinski definition) is 1. The van der Waals surface area contributed by atoms with Crippen molar-refractivity contribution in [1.82, 2.24) is 5.32 Å². The molecule has 3 heteroatoms. The zero-order valence-corrected chi connectivity index (χ0v) is 12.2. The smallest absolute Gasteiger partial charge is 0.261 e. The molecule has 19 heavy (non-hydrogen) atoms. The number of amides is 1. The molecule has 0 radical (unpaired) electrons. The van der Waals surface area contributed by atoms with E-state index in [0.29, 0.717) is 12.5 Å². The van der Waals surface area contributed by atoms with Crippen molar-refractivity contribution in [3.63, 3.8) is 0 Å². The van der Waals surface area contributed by atoms with Crippen molar-refractivity contribution >= 4 is 5.91 Å². The van der Waals surface area contributed by atoms with E-state index in [4.69, 9.17) is 4.74 Å². The van der Waals surface area contributed by atoms with Crippen LogP contribution >= 0.6 is 0 Å². The van der Waals surface area contributed by atoms with Crippen molar-refractivity contribution in [1.29, 1.82) is 0 Å². The van der Waals surface area contributed by atoms with Crippen LogP contribution in [-0.4, -0.2) is 18.6 Å². The summed E-state index contributed by atoms with van der Waals surface area (Å²) in [5.74, 6) is 1.02. The van der Waals surface area contributed by atoms with Gasteiger partial charge < -0.3 is 10.1 Å². The lowest BCUT2D eigenvalue weighted by atomic mass is 10.0. The van der Waals surface area contributed by atoms with Crippen LogP contribution in [0.5, 0.6) is 5.75 Å². The lowest BCUT2D eigenvalue weighted by Gasteiger charge is -2.19. The highest BCUT2D eigenvalue weighted by Gasteiger charge is 2.16. The minimum absolute atomic E-state index is 0.129. The molecule has 0 spiro atoms. The van der Waals surface area contributed by atoms with Gasteiger partial charge >= 0.3 is 0 Å². The van der Waals surface area contributed by atoms with Crippen molar-refractivity contribution in [2.45, 2.75) is 39.7 Å². The third kappa shape index (κ3) is 4.43. The minimum atomic E-state index is -0.515. The molecule has 1 N–H and O–H groups in total. The molecule has 0 aliphatic heterocycles. The van der Waals surface area contributed by atoms with E-state index in [1.807, 2.05) is 13.0 Å². The Morgan fingerprint density at radius 1 is 1.42 bits per heavy atom. The Hall–Kier alpha value is -1.77. The van der Waals surface area contributed by atoms with Gasteiger partial charge in [-0.15, -0.1) is 6.58 Å². The Morgan fingerprint density at radius 2 is 2.11 bits per heavy atom. The molecule has 3 nitrogen and oxygen atoms in total. The van der Waals surface area contributed by atoms with Crippen LogP contribution in [0.2, 0.25) is 0 Å². The monoisotopic (exact) mass is 261 g/mol. The van der Waals surface area contributed by atoms with E-state index in [-0.39, 0.29) is 5.91 Å². The molecule has 0 saturated heterocycles. The predicted molar refractivity (Wildman–Crippen MR) is 78.6 cm³/mol. The fourth-order valence-electron chi connectivity index (χ4n) is 1.78. The second-order valence-electron chi connectivity index (χ2n) is 4.99. The summed E-state index contributed by atoms with van der Waals surface area (Å²) in [6.45, 7) is 12.0.